The van der Waals surface area contributed by atoms with Gasteiger partial charge in [-0.25, -0.2) is 0 Å². The van der Waals surface area contributed by atoms with Gasteiger partial charge in [0.25, 0.3) is 0 Å². The maximum atomic E-state index is 5.63. The van der Waals surface area contributed by atoms with Gasteiger partial charge < -0.3 is 14.6 Å². The van der Waals surface area contributed by atoms with Crippen LogP contribution in [0.4, 0.5) is 0 Å². The molecule has 0 aliphatic rings. The molecular weight excluding hydrogens is 320 g/mol. The van der Waals surface area contributed by atoms with Gasteiger partial charge in [-0.1, -0.05) is 21.1 Å². The molecule has 108 valence electrons. The van der Waals surface area contributed by atoms with Crippen molar-refractivity contribution < 1.29 is 9.26 Å². The van der Waals surface area contributed by atoms with Gasteiger partial charge in [0, 0.05) is 22.6 Å². The molecule has 0 unspecified atom stereocenters. The maximum Gasteiger partial charge on any atom is 0.174 e. The van der Waals surface area contributed by atoms with E-state index in [0.29, 0.717) is 13.2 Å². The van der Waals surface area contributed by atoms with E-state index in [1.165, 1.54) is 0 Å². The first-order valence-corrected chi connectivity index (χ1v) is 7.29. The highest BCUT2D eigenvalue weighted by molar-refractivity contribution is 9.10. The van der Waals surface area contributed by atoms with Crippen LogP contribution in [0, 0.1) is 0 Å². The lowest BCUT2D eigenvalue weighted by Crippen LogP contribution is -2.35. The summed E-state index contributed by atoms with van der Waals surface area (Å²) in [6.07, 6.45) is 0. The Balaban J connectivity index is 1.85. The third kappa shape index (κ3) is 4.98. The number of aromatic nitrogens is 1. The van der Waals surface area contributed by atoms with E-state index in [1.807, 2.05) is 30.3 Å². The molecule has 0 bridgehead atoms. The lowest BCUT2D eigenvalue weighted by atomic mass is 10.1. The van der Waals surface area contributed by atoms with Crippen LogP contribution < -0.4 is 10.1 Å². The van der Waals surface area contributed by atoms with Gasteiger partial charge in [0.15, 0.2) is 5.76 Å². The fraction of sp³-hybridized carbons (Fsp3) is 0.400. The molecular formula is C15H19BrN2O2. The molecule has 20 heavy (non-hydrogen) atoms. The first kappa shape index (κ1) is 15.1. The first-order chi connectivity index (χ1) is 9.42. The van der Waals surface area contributed by atoms with Gasteiger partial charge in [-0.05, 0) is 45.0 Å². The standard InChI is InChI=1S/C15H19BrN2O2/c1-15(2,3)17-9-12-8-14(20-18-12)10-19-13-6-4-11(16)5-7-13/h4-8,17H,9-10H2,1-3H3. The Morgan fingerprint density at radius 1 is 1.25 bits per heavy atom. The van der Waals surface area contributed by atoms with E-state index in [0.717, 1.165) is 21.7 Å². The van der Waals surface area contributed by atoms with Crippen LogP contribution in [-0.4, -0.2) is 10.7 Å². The highest BCUT2D eigenvalue weighted by atomic mass is 79.9. The van der Waals surface area contributed by atoms with Gasteiger partial charge >= 0.3 is 0 Å². The molecule has 0 saturated heterocycles. The molecule has 4 nitrogen and oxygen atoms in total. The highest BCUT2D eigenvalue weighted by Gasteiger charge is 2.11. The van der Waals surface area contributed by atoms with Crippen molar-refractivity contribution in [2.45, 2.75) is 39.5 Å². The van der Waals surface area contributed by atoms with E-state index in [1.54, 1.807) is 0 Å². The van der Waals surface area contributed by atoms with Crippen molar-refractivity contribution in [2.24, 2.45) is 0 Å². The van der Waals surface area contributed by atoms with Crippen LogP contribution in [0.3, 0.4) is 0 Å². The molecule has 1 heterocycles. The molecule has 2 aromatic rings. The number of benzene rings is 1. The lowest BCUT2D eigenvalue weighted by molar-refractivity contribution is 0.248. The Kier molecular flexibility index (Phi) is 4.83. The predicted octanol–water partition coefficient (Wildman–Crippen LogP) is 3.90. The summed E-state index contributed by atoms with van der Waals surface area (Å²) >= 11 is 3.39. The molecule has 1 aromatic heterocycles. The Labute approximate surface area is 127 Å². The predicted molar refractivity (Wildman–Crippen MR) is 81.6 cm³/mol. The smallest absolute Gasteiger partial charge is 0.174 e. The van der Waals surface area contributed by atoms with Crippen LogP contribution in [0.5, 0.6) is 5.75 Å². The maximum absolute atomic E-state index is 5.63. The number of rotatable bonds is 5. The van der Waals surface area contributed by atoms with Crippen molar-refractivity contribution >= 4 is 15.9 Å². The Hall–Kier alpha value is -1.33. The summed E-state index contributed by atoms with van der Waals surface area (Å²) in [7, 11) is 0. The monoisotopic (exact) mass is 338 g/mol. The largest absolute Gasteiger partial charge is 0.486 e. The third-order valence-corrected chi connectivity index (χ3v) is 3.13. The van der Waals surface area contributed by atoms with E-state index in [2.05, 4.69) is 47.2 Å². The van der Waals surface area contributed by atoms with Crippen molar-refractivity contribution in [3.05, 3.63) is 46.3 Å². The molecule has 0 amide bonds. The molecule has 0 fully saturated rings. The Morgan fingerprint density at radius 3 is 2.60 bits per heavy atom. The zero-order chi connectivity index (χ0) is 14.6. The van der Waals surface area contributed by atoms with Crippen LogP contribution in [-0.2, 0) is 13.2 Å². The van der Waals surface area contributed by atoms with Crippen molar-refractivity contribution in [3.8, 4) is 5.75 Å². The van der Waals surface area contributed by atoms with E-state index >= 15 is 0 Å². The van der Waals surface area contributed by atoms with Crippen molar-refractivity contribution in [3.63, 3.8) is 0 Å². The molecule has 0 radical (unpaired) electrons. The lowest BCUT2D eigenvalue weighted by Gasteiger charge is -2.19. The zero-order valence-corrected chi connectivity index (χ0v) is 13.5. The minimum atomic E-state index is 0.0625. The van der Waals surface area contributed by atoms with Crippen LogP contribution in [0.1, 0.15) is 32.2 Å². The van der Waals surface area contributed by atoms with Gasteiger partial charge in [0.1, 0.15) is 12.4 Å². The average Bonchev–Trinajstić information content (AvgIpc) is 2.83. The summed E-state index contributed by atoms with van der Waals surface area (Å²) in [6.45, 7) is 7.41. The fourth-order valence-electron chi connectivity index (χ4n) is 1.55. The van der Waals surface area contributed by atoms with E-state index in [4.69, 9.17) is 9.26 Å². The SMILES string of the molecule is CC(C)(C)NCc1cc(COc2ccc(Br)cc2)on1. The number of halogens is 1. The quantitative estimate of drug-likeness (QED) is 0.897. The summed E-state index contributed by atoms with van der Waals surface area (Å²) in [4.78, 5) is 0. The second kappa shape index (κ2) is 6.41. The van der Waals surface area contributed by atoms with Gasteiger partial charge in [-0.15, -0.1) is 0 Å². The van der Waals surface area contributed by atoms with Crippen LogP contribution in [0.25, 0.3) is 0 Å². The third-order valence-electron chi connectivity index (χ3n) is 2.60. The molecule has 0 saturated carbocycles. The molecule has 0 aliphatic carbocycles. The number of hydrogen-bond acceptors (Lipinski definition) is 4. The second-order valence-corrected chi connectivity index (χ2v) is 6.55. The Morgan fingerprint density at radius 2 is 1.95 bits per heavy atom. The average molecular weight is 339 g/mol. The van der Waals surface area contributed by atoms with Crippen LogP contribution in [0.2, 0.25) is 0 Å². The van der Waals surface area contributed by atoms with Crippen molar-refractivity contribution in [1.82, 2.24) is 10.5 Å². The van der Waals surface area contributed by atoms with Gasteiger partial charge in [0.05, 0.1) is 5.69 Å². The normalized spacial score (nSPS) is 11.6. The molecule has 5 heteroatoms. The summed E-state index contributed by atoms with van der Waals surface area (Å²) in [5.41, 5.74) is 0.946. The van der Waals surface area contributed by atoms with Gasteiger partial charge in [-0.2, -0.15) is 0 Å². The van der Waals surface area contributed by atoms with Crippen molar-refractivity contribution in [2.75, 3.05) is 0 Å². The van der Waals surface area contributed by atoms with E-state index in [9.17, 15) is 0 Å². The zero-order valence-electron chi connectivity index (χ0n) is 11.9. The molecule has 1 aromatic carbocycles. The van der Waals surface area contributed by atoms with Gasteiger partial charge in [0.2, 0.25) is 0 Å². The molecule has 0 aliphatic heterocycles. The number of ether oxygens (including phenoxy) is 1. The number of nitrogens with one attached hydrogen (secondary N) is 1. The molecule has 1 N–H and O–H groups in total. The number of nitrogens with zero attached hydrogens (tertiary/aromatic N) is 1. The Bertz CT molecular complexity index is 544. The van der Waals surface area contributed by atoms with Crippen LogP contribution >= 0.6 is 15.9 Å². The summed E-state index contributed by atoms with van der Waals surface area (Å²) < 4.78 is 11.9. The van der Waals surface area contributed by atoms with E-state index in [-0.39, 0.29) is 5.54 Å². The first-order valence-electron chi connectivity index (χ1n) is 6.50. The van der Waals surface area contributed by atoms with Crippen LogP contribution in [0.15, 0.2) is 39.3 Å². The number of hydrogen-bond donors (Lipinski definition) is 1. The highest BCUT2D eigenvalue weighted by Crippen LogP contribution is 2.17. The van der Waals surface area contributed by atoms with E-state index < -0.39 is 0 Å². The molecule has 0 spiro atoms. The summed E-state index contributed by atoms with van der Waals surface area (Å²) in [5, 5.41) is 7.38. The summed E-state index contributed by atoms with van der Waals surface area (Å²) in [6, 6.07) is 9.60. The minimum absolute atomic E-state index is 0.0625. The summed E-state index contributed by atoms with van der Waals surface area (Å²) in [5.74, 6) is 1.53. The topological polar surface area (TPSA) is 47.3 Å². The second-order valence-electron chi connectivity index (χ2n) is 5.63. The molecule has 0 atom stereocenters. The minimum Gasteiger partial charge on any atom is -0.486 e. The fourth-order valence-corrected chi connectivity index (χ4v) is 1.81. The van der Waals surface area contributed by atoms with Crippen molar-refractivity contribution in [1.29, 1.82) is 0 Å². The van der Waals surface area contributed by atoms with Gasteiger partial charge in [-0.3, -0.25) is 0 Å². The molecule has 2 rings (SSSR count).